The summed E-state index contributed by atoms with van der Waals surface area (Å²) in [5, 5.41) is 2.80. The van der Waals surface area contributed by atoms with Gasteiger partial charge in [0.25, 0.3) is 0 Å². The van der Waals surface area contributed by atoms with Crippen molar-refractivity contribution in [2.24, 2.45) is 0 Å². The second-order valence-electron chi connectivity index (χ2n) is 11.2. The van der Waals surface area contributed by atoms with Gasteiger partial charge in [-0.1, -0.05) is 6.07 Å². The average molecular weight is 552 g/mol. The van der Waals surface area contributed by atoms with Crippen LogP contribution in [0.4, 0.5) is 13.6 Å². The highest BCUT2D eigenvalue weighted by molar-refractivity contribution is 7.89. The molecule has 2 aliphatic heterocycles. The van der Waals surface area contributed by atoms with Crippen LogP contribution in [0.5, 0.6) is 0 Å². The van der Waals surface area contributed by atoms with Gasteiger partial charge in [0.2, 0.25) is 10.0 Å². The maximum absolute atomic E-state index is 14.7. The van der Waals surface area contributed by atoms with Gasteiger partial charge >= 0.3 is 6.09 Å². The Hall–Kier alpha value is -2.60. The molecule has 2 N–H and O–H groups in total. The van der Waals surface area contributed by atoms with Gasteiger partial charge in [-0.05, 0) is 82.5 Å². The lowest BCUT2D eigenvalue weighted by Crippen LogP contribution is -2.52. The molecular weight excluding hydrogens is 516 g/mol. The molecular formula is C27H35F2N3O5S. The van der Waals surface area contributed by atoms with E-state index in [0.717, 1.165) is 29.3 Å². The van der Waals surface area contributed by atoms with Crippen molar-refractivity contribution < 1.29 is 31.5 Å². The van der Waals surface area contributed by atoms with Crippen molar-refractivity contribution in [2.45, 2.75) is 88.9 Å². The molecule has 0 unspecified atom stereocenters. The van der Waals surface area contributed by atoms with Crippen molar-refractivity contribution in [3.8, 4) is 0 Å². The summed E-state index contributed by atoms with van der Waals surface area (Å²) in [4.78, 5) is 15.0. The Morgan fingerprint density at radius 3 is 2.50 bits per heavy atom. The molecule has 38 heavy (non-hydrogen) atoms. The molecule has 208 valence electrons. The Kier molecular flexibility index (Phi) is 8.13. The number of rotatable bonds is 6. The van der Waals surface area contributed by atoms with Gasteiger partial charge in [-0.2, -0.15) is 0 Å². The van der Waals surface area contributed by atoms with E-state index >= 15 is 0 Å². The fourth-order valence-electron chi connectivity index (χ4n) is 4.90. The van der Waals surface area contributed by atoms with Crippen molar-refractivity contribution >= 4 is 16.1 Å². The summed E-state index contributed by atoms with van der Waals surface area (Å²) in [6.45, 7) is 10.0. The van der Waals surface area contributed by atoms with Crippen molar-refractivity contribution in [3.63, 3.8) is 0 Å². The first-order valence-electron chi connectivity index (χ1n) is 12.7. The van der Waals surface area contributed by atoms with Crippen LogP contribution < -0.4 is 10.0 Å². The van der Waals surface area contributed by atoms with Gasteiger partial charge in [-0.3, -0.25) is 4.90 Å². The molecule has 2 aromatic carbocycles. The van der Waals surface area contributed by atoms with Gasteiger partial charge in [0.15, 0.2) is 0 Å². The zero-order chi connectivity index (χ0) is 27.8. The van der Waals surface area contributed by atoms with Gasteiger partial charge in [0.05, 0.1) is 17.5 Å². The number of benzene rings is 2. The highest BCUT2D eigenvalue weighted by Gasteiger charge is 2.39. The molecule has 2 heterocycles. The molecule has 0 aliphatic carbocycles. The molecule has 0 spiro atoms. The summed E-state index contributed by atoms with van der Waals surface area (Å²) < 4.78 is 68.0. The molecule has 4 rings (SSSR count). The van der Waals surface area contributed by atoms with Gasteiger partial charge in [-0.15, -0.1) is 0 Å². The third-order valence-electron chi connectivity index (χ3n) is 6.47. The van der Waals surface area contributed by atoms with E-state index in [2.05, 4.69) is 14.9 Å². The number of amides is 1. The molecule has 3 atom stereocenters. The number of alkyl carbamates (subject to hydrolysis) is 1. The Morgan fingerprint density at radius 2 is 1.82 bits per heavy atom. The Morgan fingerprint density at radius 1 is 1.11 bits per heavy atom. The van der Waals surface area contributed by atoms with Crippen molar-refractivity contribution in [1.82, 2.24) is 14.9 Å². The molecule has 1 fully saturated rings. The van der Waals surface area contributed by atoms with Gasteiger partial charge in [-0.25, -0.2) is 26.7 Å². The zero-order valence-corrected chi connectivity index (χ0v) is 23.1. The first kappa shape index (κ1) is 28.4. The Labute approximate surface area is 222 Å². The molecule has 1 amide bonds. The summed E-state index contributed by atoms with van der Waals surface area (Å²) in [5.41, 5.74) is 1.19. The van der Waals surface area contributed by atoms with E-state index in [9.17, 15) is 22.0 Å². The molecule has 2 aliphatic rings. The number of hydrogen-bond acceptors (Lipinski definition) is 6. The fraction of sp³-hybridized carbons (Fsp3) is 0.519. The van der Waals surface area contributed by atoms with Crippen LogP contribution in [-0.2, 0) is 32.6 Å². The van der Waals surface area contributed by atoms with Crippen molar-refractivity contribution in [1.29, 1.82) is 0 Å². The van der Waals surface area contributed by atoms with E-state index in [4.69, 9.17) is 9.47 Å². The number of carbonyl (C=O) groups excluding carboxylic acids is 1. The van der Waals surface area contributed by atoms with E-state index < -0.39 is 45.5 Å². The molecule has 2 aromatic rings. The average Bonchev–Trinajstić information content (AvgIpc) is 3.22. The number of sulfonamides is 1. The van der Waals surface area contributed by atoms with E-state index in [0.29, 0.717) is 19.5 Å². The molecule has 0 aromatic heterocycles. The highest BCUT2D eigenvalue weighted by atomic mass is 32.2. The van der Waals surface area contributed by atoms with Crippen LogP contribution in [0, 0.1) is 11.6 Å². The Bertz CT molecular complexity index is 1300. The fourth-order valence-corrected chi connectivity index (χ4v) is 6.21. The SMILES string of the molecule is CC(C)NS(=O)(=O)c1ccc2c(c1)CN([C@H]1CO[C@H](c3cc(F)ccc3F)[C@@H](NC(=O)OC(C)(C)C)C1)C2. The number of carbonyl (C=O) groups is 1. The summed E-state index contributed by atoms with van der Waals surface area (Å²) >= 11 is 0. The predicted molar refractivity (Wildman–Crippen MR) is 138 cm³/mol. The number of hydrogen-bond donors (Lipinski definition) is 2. The van der Waals surface area contributed by atoms with Gasteiger partial charge < -0.3 is 14.8 Å². The minimum Gasteiger partial charge on any atom is -0.444 e. The molecule has 0 bridgehead atoms. The van der Waals surface area contributed by atoms with Crippen LogP contribution in [0.3, 0.4) is 0 Å². The first-order chi connectivity index (χ1) is 17.7. The number of halogens is 2. The molecule has 11 heteroatoms. The lowest BCUT2D eigenvalue weighted by molar-refractivity contribution is -0.0627. The molecule has 0 radical (unpaired) electrons. The molecule has 8 nitrogen and oxygen atoms in total. The number of ether oxygens (including phenoxy) is 2. The van der Waals surface area contributed by atoms with Crippen LogP contribution in [0.15, 0.2) is 41.3 Å². The zero-order valence-electron chi connectivity index (χ0n) is 22.3. The van der Waals surface area contributed by atoms with E-state index in [1.165, 1.54) is 0 Å². The second kappa shape index (κ2) is 10.9. The monoisotopic (exact) mass is 551 g/mol. The molecule has 0 saturated carbocycles. The van der Waals surface area contributed by atoms with Crippen molar-refractivity contribution in [3.05, 3.63) is 64.7 Å². The van der Waals surface area contributed by atoms with Crippen LogP contribution in [0.25, 0.3) is 0 Å². The van der Waals surface area contributed by atoms with E-state index in [1.807, 2.05) is 6.07 Å². The normalized spacial score (nSPS) is 22.4. The lowest BCUT2D eigenvalue weighted by atomic mass is 9.92. The Balaban J connectivity index is 1.53. The van der Waals surface area contributed by atoms with E-state index in [-0.39, 0.29) is 29.1 Å². The summed E-state index contributed by atoms with van der Waals surface area (Å²) in [7, 11) is -3.63. The van der Waals surface area contributed by atoms with Crippen LogP contribution in [0.1, 0.15) is 63.8 Å². The minimum absolute atomic E-state index is 0.0294. The quantitative estimate of drug-likeness (QED) is 0.553. The minimum atomic E-state index is -3.63. The maximum Gasteiger partial charge on any atom is 0.407 e. The second-order valence-corrected chi connectivity index (χ2v) is 12.9. The third kappa shape index (κ3) is 6.69. The predicted octanol–water partition coefficient (Wildman–Crippen LogP) is 4.39. The molecule has 1 saturated heterocycles. The number of fused-ring (bicyclic) bond motifs is 1. The number of nitrogens with zero attached hydrogens (tertiary/aromatic N) is 1. The van der Waals surface area contributed by atoms with Gasteiger partial charge in [0.1, 0.15) is 23.3 Å². The maximum atomic E-state index is 14.7. The van der Waals surface area contributed by atoms with Crippen molar-refractivity contribution in [2.75, 3.05) is 6.61 Å². The summed E-state index contributed by atoms with van der Waals surface area (Å²) in [6, 6.07) is 7.19. The first-order valence-corrected chi connectivity index (χ1v) is 14.1. The third-order valence-corrected chi connectivity index (χ3v) is 8.12. The largest absolute Gasteiger partial charge is 0.444 e. The summed E-state index contributed by atoms with van der Waals surface area (Å²) in [6.07, 6.45) is -1.18. The summed E-state index contributed by atoms with van der Waals surface area (Å²) in [5.74, 6) is -1.22. The standard InChI is InChI=1S/C27H35F2N3O5S/c1-16(2)31-38(34,35)21-8-6-17-13-32(14-18(17)10-21)20-12-24(30-26(33)37-27(3,4)5)25(36-15-20)22-11-19(28)7-9-23(22)29/h6-11,16,20,24-25,31H,12-15H2,1-5H3,(H,30,33)/t20-,24+,25-/m1/s1. The number of nitrogens with one attached hydrogen (secondary N) is 2. The van der Waals surface area contributed by atoms with E-state index in [1.54, 1.807) is 46.8 Å². The smallest absolute Gasteiger partial charge is 0.407 e. The van der Waals surface area contributed by atoms with Crippen LogP contribution in [0.2, 0.25) is 0 Å². The van der Waals surface area contributed by atoms with Crippen LogP contribution >= 0.6 is 0 Å². The topological polar surface area (TPSA) is 97.0 Å². The van der Waals surface area contributed by atoms with Gasteiger partial charge in [0, 0.05) is 30.7 Å². The van der Waals surface area contributed by atoms with Crippen LogP contribution in [-0.4, -0.2) is 49.7 Å². The lowest BCUT2D eigenvalue weighted by Gasteiger charge is -2.40. The highest BCUT2D eigenvalue weighted by Crippen LogP contribution is 2.36.